The maximum atomic E-state index is 13.1. The number of anilines is 1. The largest absolute Gasteiger partial charge is 0.438 e. The summed E-state index contributed by atoms with van der Waals surface area (Å²) in [6.45, 7) is 4.90. The van der Waals surface area contributed by atoms with Gasteiger partial charge in [0.25, 0.3) is 0 Å². The third kappa shape index (κ3) is 4.39. The standard InChI is InChI=1S/C15H17BrFN3O/c1-3-7-18-14-9-15(20-13(4-2)19-14)21-12-6-5-10(17)8-11(12)16/h5-6,8-9H,3-4,7H2,1-2H3,(H,18,19,20). The van der Waals surface area contributed by atoms with Crippen LogP contribution in [0.5, 0.6) is 11.6 Å². The zero-order chi connectivity index (χ0) is 15.2. The summed E-state index contributed by atoms with van der Waals surface area (Å²) in [7, 11) is 0. The van der Waals surface area contributed by atoms with E-state index in [1.807, 2.05) is 6.92 Å². The zero-order valence-electron chi connectivity index (χ0n) is 12.0. The number of ether oxygens (including phenoxy) is 1. The number of hydrogen-bond donors (Lipinski definition) is 1. The minimum absolute atomic E-state index is 0.323. The van der Waals surface area contributed by atoms with Crippen LogP contribution in [0.25, 0.3) is 0 Å². The van der Waals surface area contributed by atoms with Crippen molar-refractivity contribution in [2.75, 3.05) is 11.9 Å². The Kier molecular flexibility index (Phi) is 5.50. The van der Waals surface area contributed by atoms with E-state index in [1.165, 1.54) is 12.1 Å². The predicted octanol–water partition coefficient (Wildman–Crippen LogP) is 4.55. The van der Waals surface area contributed by atoms with Gasteiger partial charge in [-0.3, -0.25) is 0 Å². The molecule has 0 amide bonds. The SMILES string of the molecule is CCCNc1cc(Oc2ccc(F)cc2Br)nc(CC)n1. The molecule has 0 atom stereocenters. The van der Waals surface area contributed by atoms with Crippen molar-refractivity contribution in [2.45, 2.75) is 26.7 Å². The lowest BCUT2D eigenvalue weighted by molar-refractivity contribution is 0.454. The predicted molar refractivity (Wildman–Crippen MR) is 84.4 cm³/mol. The van der Waals surface area contributed by atoms with Gasteiger partial charge in [-0.15, -0.1) is 0 Å². The summed E-state index contributed by atoms with van der Waals surface area (Å²) in [4.78, 5) is 8.72. The van der Waals surface area contributed by atoms with Gasteiger partial charge in [-0.05, 0) is 40.5 Å². The number of rotatable bonds is 6. The first kappa shape index (κ1) is 15.7. The zero-order valence-corrected chi connectivity index (χ0v) is 13.6. The lowest BCUT2D eigenvalue weighted by Crippen LogP contribution is -2.05. The molecule has 0 aliphatic rings. The average Bonchev–Trinajstić information content (AvgIpc) is 2.48. The van der Waals surface area contributed by atoms with E-state index in [0.717, 1.165) is 18.8 Å². The van der Waals surface area contributed by atoms with Gasteiger partial charge in [-0.1, -0.05) is 13.8 Å². The molecule has 0 spiro atoms. The summed E-state index contributed by atoms with van der Waals surface area (Å²) in [6, 6.07) is 6.00. The molecule has 1 aromatic heterocycles. The van der Waals surface area contributed by atoms with Crippen molar-refractivity contribution in [1.29, 1.82) is 0 Å². The highest BCUT2D eigenvalue weighted by atomic mass is 79.9. The molecule has 0 radical (unpaired) electrons. The van der Waals surface area contributed by atoms with Gasteiger partial charge in [-0.2, -0.15) is 4.98 Å². The summed E-state index contributed by atoms with van der Waals surface area (Å²) < 4.78 is 19.4. The average molecular weight is 354 g/mol. The maximum absolute atomic E-state index is 13.1. The van der Waals surface area contributed by atoms with Crippen molar-refractivity contribution in [3.05, 3.63) is 40.4 Å². The normalized spacial score (nSPS) is 10.5. The first-order valence-electron chi connectivity index (χ1n) is 6.87. The topological polar surface area (TPSA) is 47.0 Å². The summed E-state index contributed by atoms with van der Waals surface area (Å²) in [5, 5.41) is 3.22. The molecule has 0 fully saturated rings. The van der Waals surface area contributed by atoms with Crippen molar-refractivity contribution >= 4 is 21.7 Å². The fraction of sp³-hybridized carbons (Fsp3) is 0.333. The highest BCUT2D eigenvalue weighted by Gasteiger charge is 2.08. The quantitative estimate of drug-likeness (QED) is 0.827. The minimum Gasteiger partial charge on any atom is -0.438 e. The van der Waals surface area contributed by atoms with Crippen molar-refractivity contribution < 1.29 is 9.13 Å². The lowest BCUT2D eigenvalue weighted by Gasteiger charge is -2.10. The molecule has 6 heteroatoms. The van der Waals surface area contributed by atoms with E-state index in [2.05, 4.69) is 38.1 Å². The van der Waals surface area contributed by atoms with Crippen molar-refractivity contribution in [3.63, 3.8) is 0 Å². The summed E-state index contributed by atoms with van der Waals surface area (Å²) in [5.74, 6) is 2.06. The Bertz CT molecular complexity index is 622. The van der Waals surface area contributed by atoms with E-state index in [4.69, 9.17) is 4.74 Å². The molecule has 0 bridgehead atoms. The Morgan fingerprint density at radius 2 is 2.05 bits per heavy atom. The molecule has 0 aliphatic carbocycles. The fourth-order valence-corrected chi connectivity index (χ4v) is 2.13. The van der Waals surface area contributed by atoms with Gasteiger partial charge in [0.15, 0.2) is 0 Å². The van der Waals surface area contributed by atoms with E-state index < -0.39 is 0 Å². The van der Waals surface area contributed by atoms with Crippen LogP contribution in [-0.2, 0) is 6.42 Å². The molecule has 0 aliphatic heterocycles. The fourth-order valence-electron chi connectivity index (χ4n) is 1.70. The summed E-state index contributed by atoms with van der Waals surface area (Å²) >= 11 is 3.28. The molecule has 0 unspecified atom stereocenters. The molecule has 2 rings (SSSR count). The van der Waals surface area contributed by atoms with Crippen LogP contribution >= 0.6 is 15.9 Å². The van der Waals surface area contributed by atoms with Gasteiger partial charge in [0.05, 0.1) is 4.47 Å². The first-order chi connectivity index (χ1) is 10.1. The minimum atomic E-state index is -0.323. The smallest absolute Gasteiger partial charge is 0.224 e. The van der Waals surface area contributed by atoms with Crippen LogP contribution in [-0.4, -0.2) is 16.5 Å². The third-order valence-corrected chi connectivity index (χ3v) is 3.35. The van der Waals surface area contributed by atoms with Crippen molar-refractivity contribution in [1.82, 2.24) is 9.97 Å². The van der Waals surface area contributed by atoms with Crippen molar-refractivity contribution in [3.8, 4) is 11.6 Å². The highest BCUT2D eigenvalue weighted by Crippen LogP contribution is 2.30. The summed E-state index contributed by atoms with van der Waals surface area (Å²) in [5.41, 5.74) is 0. The van der Waals surface area contributed by atoms with Crippen molar-refractivity contribution in [2.24, 2.45) is 0 Å². The van der Waals surface area contributed by atoms with Gasteiger partial charge in [-0.25, -0.2) is 9.37 Å². The van der Waals surface area contributed by atoms with Crippen LogP contribution in [0.3, 0.4) is 0 Å². The van der Waals surface area contributed by atoms with E-state index in [-0.39, 0.29) is 5.82 Å². The molecular weight excluding hydrogens is 337 g/mol. The van der Waals surface area contributed by atoms with E-state index in [9.17, 15) is 4.39 Å². The van der Waals surface area contributed by atoms with Gasteiger partial charge in [0.1, 0.15) is 23.2 Å². The number of aromatic nitrogens is 2. The molecule has 0 saturated carbocycles. The molecule has 112 valence electrons. The number of hydrogen-bond acceptors (Lipinski definition) is 4. The lowest BCUT2D eigenvalue weighted by atomic mass is 10.3. The second-order valence-corrected chi connectivity index (χ2v) is 5.32. The molecule has 2 aromatic rings. The molecule has 21 heavy (non-hydrogen) atoms. The second kappa shape index (κ2) is 7.36. The summed E-state index contributed by atoms with van der Waals surface area (Å²) in [6.07, 6.45) is 1.72. The monoisotopic (exact) mass is 353 g/mol. The van der Waals surface area contributed by atoms with Crippen LogP contribution in [0.15, 0.2) is 28.7 Å². The van der Waals surface area contributed by atoms with Gasteiger partial charge in [0.2, 0.25) is 5.88 Å². The number of halogens is 2. The van der Waals surface area contributed by atoms with Gasteiger partial charge >= 0.3 is 0 Å². The van der Waals surface area contributed by atoms with E-state index in [0.29, 0.717) is 28.3 Å². The Balaban J connectivity index is 2.25. The Labute approximate surface area is 131 Å². The second-order valence-electron chi connectivity index (χ2n) is 4.46. The number of aryl methyl sites for hydroxylation is 1. The Hall–Kier alpha value is -1.69. The van der Waals surface area contributed by atoms with Crippen LogP contribution < -0.4 is 10.1 Å². The molecule has 1 aromatic carbocycles. The molecule has 0 saturated heterocycles. The van der Waals surface area contributed by atoms with Crippen LogP contribution in [0, 0.1) is 5.82 Å². The van der Waals surface area contributed by atoms with Crippen LogP contribution in [0.1, 0.15) is 26.1 Å². The van der Waals surface area contributed by atoms with Crippen LogP contribution in [0.2, 0.25) is 0 Å². The number of benzene rings is 1. The van der Waals surface area contributed by atoms with E-state index >= 15 is 0 Å². The highest BCUT2D eigenvalue weighted by molar-refractivity contribution is 9.10. The molecule has 4 nitrogen and oxygen atoms in total. The number of nitrogens with one attached hydrogen (secondary N) is 1. The molecular formula is C15H17BrFN3O. The Morgan fingerprint density at radius 1 is 1.24 bits per heavy atom. The van der Waals surface area contributed by atoms with Crippen LogP contribution in [0.4, 0.5) is 10.2 Å². The third-order valence-electron chi connectivity index (χ3n) is 2.73. The maximum Gasteiger partial charge on any atom is 0.224 e. The molecule has 1 N–H and O–H groups in total. The number of nitrogens with zero attached hydrogens (tertiary/aromatic N) is 2. The first-order valence-corrected chi connectivity index (χ1v) is 7.66. The van der Waals surface area contributed by atoms with Gasteiger partial charge in [0, 0.05) is 19.0 Å². The van der Waals surface area contributed by atoms with E-state index in [1.54, 1.807) is 12.1 Å². The Morgan fingerprint density at radius 3 is 2.71 bits per heavy atom. The van der Waals surface area contributed by atoms with Gasteiger partial charge < -0.3 is 10.1 Å². The molecule has 1 heterocycles.